The maximum absolute atomic E-state index is 11.7. The van der Waals surface area contributed by atoms with Gasteiger partial charge < -0.3 is 14.5 Å². The summed E-state index contributed by atoms with van der Waals surface area (Å²) in [6, 6.07) is 1.96. The van der Waals surface area contributed by atoms with Crippen LogP contribution in [0.2, 0.25) is 0 Å². The zero-order chi connectivity index (χ0) is 13.9. The third-order valence-corrected chi connectivity index (χ3v) is 3.83. The Hall–Kier alpha value is -1.69. The van der Waals surface area contributed by atoms with Gasteiger partial charge in [0, 0.05) is 45.4 Å². The highest BCUT2D eigenvalue weighted by atomic mass is 16.5. The molecule has 108 valence electrons. The molecule has 0 aromatic carbocycles. The molecule has 20 heavy (non-hydrogen) atoms. The van der Waals surface area contributed by atoms with Crippen molar-refractivity contribution in [3.05, 3.63) is 18.1 Å². The third kappa shape index (κ3) is 2.90. The minimum atomic E-state index is 0.0634. The van der Waals surface area contributed by atoms with Crippen molar-refractivity contribution in [1.29, 1.82) is 0 Å². The average Bonchev–Trinajstić information content (AvgIpc) is 3.33. The van der Waals surface area contributed by atoms with E-state index in [1.807, 2.05) is 17.2 Å². The van der Waals surface area contributed by atoms with Crippen LogP contribution in [0.15, 0.2) is 12.3 Å². The fourth-order valence-corrected chi connectivity index (χ4v) is 2.48. The number of hydrogen-bond acceptors (Lipinski definition) is 5. The summed E-state index contributed by atoms with van der Waals surface area (Å²) in [6.45, 7) is 3.25. The minimum absolute atomic E-state index is 0.0634. The van der Waals surface area contributed by atoms with Crippen molar-refractivity contribution in [2.45, 2.75) is 18.8 Å². The third-order valence-electron chi connectivity index (χ3n) is 3.83. The predicted octanol–water partition coefficient (Wildman–Crippen LogP) is 0.649. The number of carbonyl (C=O) groups excluding carboxylic acids is 1. The molecule has 1 saturated carbocycles. The molecule has 0 atom stereocenters. The summed E-state index contributed by atoms with van der Waals surface area (Å²) >= 11 is 0. The molecule has 0 N–H and O–H groups in total. The lowest BCUT2D eigenvalue weighted by molar-refractivity contribution is -0.135. The highest BCUT2D eigenvalue weighted by Gasteiger charge is 2.28. The van der Waals surface area contributed by atoms with Crippen molar-refractivity contribution in [3.63, 3.8) is 0 Å². The van der Waals surface area contributed by atoms with E-state index in [1.54, 1.807) is 7.11 Å². The van der Waals surface area contributed by atoms with Crippen LogP contribution in [0.5, 0.6) is 0 Å². The quantitative estimate of drug-likeness (QED) is 0.808. The summed E-state index contributed by atoms with van der Waals surface area (Å²) in [5.74, 6) is 2.59. The maximum atomic E-state index is 11.7. The van der Waals surface area contributed by atoms with E-state index in [9.17, 15) is 4.79 Å². The van der Waals surface area contributed by atoms with E-state index < -0.39 is 0 Å². The van der Waals surface area contributed by atoms with Crippen molar-refractivity contribution >= 4 is 11.7 Å². The molecule has 2 aliphatic rings. The first-order valence-corrected chi connectivity index (χ1v) is 7.12. The van der Waals surface area contributed by atoms with Crippen LogP contribution in [0.4, 0.5) is 5.82 Å². The van der Waals surface area contributed by atoms with Crippen LogP contribution in [-0.2, 0) is 9.53 Å². The number of amides is 1. The number of methoxy groups -OCH3 is 1. The van der Waals surface area contributed by atoms with Crippen molar-refractivity contribution in [2.75, 3.05) is 44.8 Å². The fourth-order valence-electron chi connectivity index (χ4n) is 2.48. The zero-order valence-corrected chi connectivity index (χ0v) is 11.8. The topological polar surface area (TPSA) is 58.6 Å². The maximum Gasteiger partial charge on any atom is 0.248 e. The Bertz CT molecular complexity index is 482. The van der Waals surface area contributed by atoms with Crippen molar-refractivity contribution in [2.24, 2.45) is 0 Å². The standard InChI is InChI=1S/C14H20N4O2/c1-20-10-13(19)18-8-6-17(7-9-18)12-4-5-15-14(16-12)11-2-3-11/h4-5,11H,2-3,6-10H2,1H3. The van der Waals surface area contributed by atoms with Gasteiger partial charge in [0.15, 0.2) is 0 Å². The summed E-state index contributed by atoms with van der Waals surface area (Å²) in [7, 11) is 1.55. The van der Waals surface area contributed by atoms with Gasteiger partial charge in [-0.1, -0.05) is 0 Å². The molecule has 0 radical (unpaired) electrons. The lowest BCUT2D eigenvalue weighted by atomic mass is 10.3. The number of ether oxygens (including phenoxy) is 1. The smallest absolute Gasteiger partial charge is 0.248 e. The molecule has 3 rings (SSSR count). The monoisotopic (exact) mass is 276 g/mol. The largest absolute Gasteiger partial charge is 0.375 e. The lowest BCUT2D eigenvalue weighted by Crippen LogP contribution is -2.50. The molecule has 2 heterocycles. The van der Waals surface area contributed by atoms with Crippen LogP contribution < -0.4 is 4.90 Å². The number of rotatable bonds is 4. The molecule has 0 unspecified atom stereocenters. The molecular weight excluding hydrogens is 256 g/mol. The summed E-state index contributed by atoms with van der Waals surface area (Å²) in [5, 5.41) is 0. The van der Waals surface area contributed by atoms with E-state index in [0.29, 0.717) is 5.92 Å². The van der Waals surface area contributed by atoms with Gasteiger partial charge in [0.2, 0.25) is 5.91 Å². The molecule has 1 saturated heterocycles. The Morgan fingerprint density at radius 2 is 2.10 bits per heavy atom. The number of piperazine rings is 1. The number of hydrogen-bond donors (Lipinski definition) is 0. The van der Waals surface area contributed by atoms with E-state index in [1.165, 1.54) is 12.8 Å². The Kier molecular flexibility index (Phi) is 3.82. The summed E-state index contributed by atoms with van der Waals surface area (Å²) in [5.41, 5.74) is 0. The first kappa shape index (κ1) is 13.3. The van der Waals surface area contributed by atoms with Crippen LogP contribution in [0.1, 0.15) is 24.6 Å². The number of nitrogens with zero attached hydrogens (tertiary/aromatic N) is 4. The second-order valence-electron chi connectivity index (χ2n) is 5.35. The molecule has 1 aromatic rings. The van der Waals surface area contributed by atoms with Gasteiger partial charge in [-0.15, -0.1) is 0 Å². The first-order chi connectivity index (χ1) is 9.78. The fraction of sp³-hybridized carbons (Fsp3) is 0.643. The van der Waals surface area contributed by atoms with Gasteiger partial charge in [0.25, 0.3) is 0 Å². The summed E-state index contributed by atoms with van der Waals surface area (Å²) < 4.78 is 4.89. The first-order valence-electron chi connectivity index (χ1n) is 7.12. The predicted molar refractivity (Wildman–Crippen MR) is 74.7 cm³/mol. The molecule has 1 aliphatic carbocycles. The number of aromatic nitrogens is 2. The second kappa shape index (κ2) is 5.75. The van der Waals surface area contributed by atoms with Crippen molar-refractivity contribution in [3.8, 4) is 0 Å². The second-order valence-corrected chi connectivity index (χ2v) is 5.35. The van der Waals surface area contributed by atoms with E-state index in [4.69, 9.17) is 4.74 Å². The van der Waals surface area contributed by atoms with E-state index in [0.717, 1.165) is 37.8 Å². The van der Waals surface area contributed by atoms with Crippen LogP contribution in [0, 0.1) is 0 Å². The van der Waals surface area contributed by atoms with Gasteiger partial charge in [0.1, 0.15) is 18.2 Å². The van der Waals surface area contributed by atoms with Crippen molar-refractivity contribution < 1.29 is 9.53 Å². The molecule has 2 fully saturated rings. The van der Waals surface area contributed by atoms with E-state index in [-0.39, 0.29) is 12.5 Å². The Morgan fingerprint density at radius 1 is 1.35 bits per heavy atom. The van der Waals surface area contributed by atoms with Gasteiger partial charge in [-0.3, -0.25) is 4.79 Å². The normalized spacial score (nSPS) is 19.2. The zero-order valence-electron chi connectivity index (χ0n) is 11.8. The van der Waals surface area contributed by atoms with Crippen LogP contribution >= 0.6 is 0 Å². The Labute approximate surface area is 118 Å². The molecule has 6 heteroatoms. The Balaban J connectivity index is 1.60. The molecular formula is C14H20N4O2. The van der Waals surface area contributed by atoms with Crippen LogP contribution in [0.25, 0.3) is 0 Å². The molecule has 1 aromatic heterocycles. The highest BCUT2D eigenvalue weighted by Crippen LogP contribution is 2.38. The van der Waals surface area contributed by atoms with Gasteiger partial charge in [-0.05, 0) is 18.9 Å². The molecule has 6 nitrogen and oxygen atoms in total. The van der Waals surface area contributed by atoms with E-state index >= 15 is 0 Å². The molecule has 1 aliphatic heterocycles. The molecule has 1 amide bonds. The van der Waals surface area contributed by atoms with Crippen LogP contribution in [0.3, 0.4) is 0 Å². The van der Waals surface area contributed by atoms with Gasteiger partial charge >= 0.3 is 0 Å². The van der Waals surface area contributed by atoms with Crippen molar-refractivity contribution in [1.82, 2.24) is 14.9 Å². The van der Waals surface area contributed by atoms with Gasteiger partial charge in [-0.2, -0.15) is 0 Å². The van der Waals surface area contributed by atoms with E-state index in [2.05, 4.69) is 14.9 Å². The highest BCUT2D eigenvalue weighted by molar-refractivity contribution is 5.77. The van der Waals surface area contributed by atoms with Gasteiger partial charge in [-0.25, -0.2) is 9.97 Å². The molecule has 0 spiro atoms. The molecule has 0 bridgehead atoms. The Morgan fingerprint density at radius 3 is 2.75 bits per heavy atom. The lowest BCUT2D eigenvalue weighted by Gasteiger charge is -2.35. The summed E-state index contributed by atoms with van der Waals surface area (Å²) in [4.78, 5) is 24.8. The number of carbonyl (C=O) groups is 1. The number of anilines is 1. The average molecular weight is 276 g/mol. The van der Waals surface area contributed by atoms with Crippen LogP contribution in [-0.4, -0.2) is 60.7 Å². The summed E-state index contributed by atoms with van der Waals surface area (Å²) in [6.07, 6.45) is 4.27. The minimum Gasteiger partial charge on any atom is -0.375 e. The SMILES string of the molecule is COCC(=O)N1CCN(c2ccnc(C3CC3)n2)CC1. The van der Waals surface area contributed by atoms with Gasteiger partial charge in [0.05, 0.1) is 0 Å².